The van der Waals surface area contributed by atoms with Gasteiger partial charge >= 0.3 is 6.61 Å². The van der Waals surface area contributed by atoms with Crippen LogP contribution in [0.2, 0.25) is 0 Å². The van der Waals surface area contributed by atoms with Crippen LogP contribution in [0, 0.1) is 0 Å². The molecule has 13 heteroatoms. The number of aromatic nitrogens is 7. The van der Waals surface area contributed by atoms with Crippen molar-refractivity contribution < 1.29 is 18.3 Å². The highest BCUT2D eigenvalue weighted by molar-refractivity contribution is 5.91. The minimum Gasteiger partial charge on any atom is -0.435 e. The lowest BCUT2D eigenvalue weighted by Gasteiger charge is -2.39. The van der Waals surface area contributed by atoms with Gasteiger partial charge < -0.3 is 20.4 Å². The molecule has 11 nitrogen and oxygen atoms in total. The largest absolute Gasteiger partial charge is 0.435 e. The molecule has 1 aromatic carbocycles. The zero-order chi connectivity index (χ0) is 29.9. The number of hydrogen-bond donors (Lipinski definition) is 2. The van der Waals surface area contributed by atoms with Crippen LogP contribution in [0.1, 0.15) is 72.2 Å². The molecule has 44 heavy (non-hydrogen) atoms. The maximum absolute atomic E-state index is 13.2. The number of carbonyl (C=O) groups is 1. The fourth-order valence-electron chi connectivity index (χ4n) is 7.05. The third-order valence-electron chi connectivity index (χ3n) is 9.16. The first-order chi connectivity index (χ1) is 21.4. The third kappa shape index (κ3) is 4.54. The zero-order valence-electron chi connectivity index (χ0n) is 23.6. The van der Waals surface area contributed by atoms with E-state index >= 15 is 0 Å². The maximum atomic E-state index is 13.2. The van der Waals surface area contributed by atoms with Gasteiger partial charge in [0.15, 0.2) is 5.65 Å². The highest BCUT2D eigenvalue weighted by Gasteiger charge is 2.46. The molecular weight excluding hydrogens is 568 g/mol. The number of fused-ring (bicyclic) bond motifs is 3. The van der Waals surface area contributed by atoms with Gasteiger partial charge in [0.25, 0.3) is 5.91 Å². The first-order valence-electron chi connectivity index (χ1n) is 14.8. The van der Waals surface area contributed by atoms with Crippen molar-refractivity contribution in [2.75, 3.05) is 5.73 Å². The van der Waals surface area contributed by atoms with Crippen LogP contribution in [0.15, 0.2) is 55.1 Å². The van der Waals surface area contributed by atoms with E-state index in [1.807, 2.05) is 17.0 Å². The van der Waals surface area contributed by atoms with E-state index in [1.165, 1.54) is 18.5 Å². The van der Waals surface area contributed by atoms with Crippen molar-refractivity contribution in [1.29, 1.82) is 0 Å². The quantitative estimate of drug-likeness (QED) is 0.261. The Morgan fingerprint density at radius 3 is 2.36 bits per heavy atom. The molecule has 0 radical (unpaired) electrons. The number of benzene rings is 1. The van der Waals surface area contributed by atoms with Crippen molar-refractivity contribution in [3.63, 3.8) is 0 Å². The Morgan fingerprint density at radius 1 is 0.977 bits per heavy atom. The molecule has 2 saturated heterocycles. The van der Waals surface area contributed by atoms with Crippen molar-refractivity contribution in [2.24, 2.45) is 0 Å². The molecular formula is C31H29F2N9O2. The molecule has 224 valence electrons. The van der Waals surface area contributed by atoms with Gasteiger partial charge in [-0.25, -0.2) is 4.98 Å². The molecule has 3 N–H and O–H groups in total. The second-order valence-electron chi connectivity index (χ2n) is 11.8. The Balaban J connectivity index is 1.11. The number of aromatic amines is 1. The first-order valence-corrected chi connectivity index (χ1v) is 14.8. The predicted octanol–water partition coefficient (Wildman–Crippen LogP) is 5.19. The van der Waals surface area contributed by atoms with Gasteiger partial charge in [-0.1, -0.05) is 6.07 Å². The molecule has 4 aromatic heterocycles. The van der Waals surface area contributed by atoms with E-state index in [0.29, 0.717) is 23.1 Å². The minimum absolute atomic E-state index is 0.0924. The van der Waals surface area contributed by atoms with Crippen molar-refractivity contribution in [1.82, 2.24) is 39.7 Å². The number of nitrogen functional groups attached to an aromatic ring is 1. The summed E-state index contributed by atoms with van der Waals surface area (Å²) in [4.78, 5) is 28.0. The number of alkyl halides is 2. The number of halogens is 2. The SMILES string of the molecule is Nc1c(C2CC2)c(C2CC3CCC(C2)N3C(=O)c2nnc[nH]2)nc2c(-c3ccc(-c4ccc(OC(F)F)cc4)nc3)cnn12. The van der Waals surface area contributed by atoms with E-state index in [2.05, 4.69) is 30.0 Å². The van der Waals surface area contributed by atoms with Gasteiger partial charge in [0.05, 0.1) is 17.6 Å². The van der Waals surface area contributed by atoms with Crippen LogP contribution in [0.3, 0.4) is 0 Å². The second kappa shape index (κ2) is 10.4. The molecule has 6 heterocycles. The highest BCUT2D eigenvalue weighted by atomic mass is 19.3. The standard InChI is InChI=1S/C31H29F2N9O2/c32-31(33)44-22-8-3-16(4-9-22)24-10-5-18(13-35-24)23-14-38-42-27(34)25(17-1-2-17)26(39-29(23)42)19-11-20-6-7-21(12-19)41(20)30(43)28-36-15-37-40-28/h3-5,8-10,13-15,17,19-21,31H,1-2,6-7,11-12,34H2,(H,36,37,40). The van der Waals surface area contributed by atoms with Crippen molar-refractivity contribution in [3.8, 4) is 28.1 Å². The van der Waals surface area contributed by atoms with Crippen molar-refractivity contribution in [2.45, 2.75) is 69.1 Å². The third-order valence-corrected chi connectivity index (χ3v) is 9.16. The zero-order valence-corrected chi connectivity index (χ0v) is 23.6. The normalized spacial score (nSPS) is 21.3. The number of nitrogens with zero attached hydrogens (tertiary/aromatic N) is 7. The number of H-pyrrole nitrogens is 1. The summed E-state index contributed by atoms with van der Waals surface area (Å²) in [5.74, 6) is 1.46. The Bertz CT molecular complexity index is 1820. The summed E-state index contributed by atoms with van der Waals surface area (Å²) in [6, 6.07) is 10.4. The lowest BCUT2D eigenvalue weighted by molar-refractivity contribution is -0.0498. The number of rotatable bonds is 7. The topological polar surface area (TPSA) is 140 Å². The number of anilines is 1. The average molecular weight is 598 g/mol. The van der Waals surface area contributed by atoms with Crippen LogP contribution in [-0.2, 0) is 0 Å². The summed E-state index contributed by atoms with van der Waals surface area (Å²) < 4.78 is 31.2. The second-order valence-corrected chi connectivity index (χ2v) is 11.8. The minimum atomic E-state index is -2.87. The Labute approximate surface area is 250 Å². The summed E-state index contributed by atoms with van der Waals surface area (Å²) in [5, 5.41) is 12.4. The number of nitrogens with one attached hydrogen (secondary N) is 1. The van der Waals surface area contributed by atoms with Gasteiger partial charge in [0, 0.05) is 46.5 Å². The summed E-state index contributed by atoms with van der Waals surface area (Å²) in [7, 11) is 0. The number of nitrogens with two attached hydrogens (primary N) is 1. The molecule has 1 aliphatic carbocycles. The van der Waals surface area contributed by atoms with Crippen LogP contribution in [0.5, 0.6) is 5.75 Å². The molecule has 2 atom stereocenters. The van der Waals surface area contributed by atoms with Crippen molar-refractivity contribution in [3.05, 3.63) is 72.2 Å². The Hall–Kier alpha value is -4.94. The van der Waals surface area contributed by atoms with Crippen LogP contribution in [-0.4, -0.2) is 64.3 Å². The summed E-state index contributed by atoms with van der Waals surface area (Å²) in [6.07, 6.45) is 10.7. The molecule has 2 bridgehead atoms. The van der Waals surface area contributed by atoms with E-state index < -0.39 is 6.61 Å². The van der Waals surface area contributed by atoms with Gasteiger partial charge in [-0.05, 0) is 74.8 Å². The lowest BCUT2D eigenvalue weighted by Crippen LogP contribution is -2.46. The summed E-state index contributed by atoms with van der Waals surface area (Å²) in [5.41, 5.74) is 12.8. The highest BCUT2D eigenvalue weighted by Crippen LogP contribution is 2.50. The molecule has 8 rings (SSSR count). The number of ether oxygens (including phenoxy) is 1. The molecule has 0 spiro atoms. The lowest BCUT2D eigenvalue weighted by atomic mass is 9.85. The fraction of sp³-hybridized carbons (Fsp3) is 0.355. The molecule has 1 saturated carbocycles. The number of piperidine rings is 1. The van der Waals surface area contributed by atoms with Crippen LogP contribution in [0.25, 0.3) is 28.0 Å². The Kier molecular flexibility index (Phi) is 6.27. The number of hydrogen-bond acceptors (Lipinski definition) is 8. The van der Waals surface area contributed by atoms with Gasteiger partial charge in [-0.3, -0.25) is 9.78 Å². The van der Waals surface area contributed by atoms with Crippen LogP contribution < -0.4 is 10.5 Å². The average Bonchev–Trinajstić information content (AvgIpc) is 3.41. The number of amides is 1. The van der Waals surface area contributed by atoms with E-state index in [4.69, 9.17) is 10.7 Å². The van der Waals surface area contributed by atoms with Gasteiger partial charge in [-0.2, -0.15) is 18.4 Å². The Morgan fingerprint density at radius 2 is 1.73 bits per heavy atom. The number of carbonyl (C=O) groups excluding carboxylic acids is 1. The molecule has 2 unspecified atom stereocenters. The molecule has 5 aromatic rings. The molecule has 2 aliphatic heterocycles. The van der Waals surface area contributed by atoms with E-state index in [9.17, 15) is 13.6 Å². The summed E-state index contributed by atoms with van der Waals surface area (Å²) in [6.45, 7) is -2.87. The molecule has 3 fully saturated rings. The van der Waals surface area contributed by atoms with Crippen molar-refractivity contribution >= 4 is 17.4 Å². The first kappa shape index (κ1) is 26.7. The molecule has 1 amide bonds. The van der Waals surface area contributed by atoms with E-state index in [0.717, 1.165) is 66.5 Å². The van der Waals surface area contributed by atoms with Gasteiger partial charge in [-0.15, -0.1) is 10.2 Å². The summed E-state index contributed by atoms with van der Waals surface area (Å²) >= 11 is 0. The maximum Gasteiger partial charge on any atom is 0.387 e. The van der Waals surface area contributed by atoms with Gasteiger partial charge in [0.1, 0.15) is 17.9 Å². The smallest absolute Gasteiger partial charge is 0.387 e. The molecule has 3 aliphatic rings. The van der Waals surface area contributed by atoms with E-state index in [1.54, 1.807) is 29.0 Å². The fourth-order valence-corrected chi connectivity index (χ4v) is 7.05. The monoisotopic (exact) mass is 597 g/mol. The van der Waals surface area contributed by atoms with Crippen LogP contribution >= 0.6 is 0 Å². The predicted molar refractivity (Wildman–Crippen MR) is 156 cm³/mol. The van der Waals surface area contributed by atoms with Gasteiger partial charge in [0.2, 0.25) is 5.82 Å². The van der Waals surface area contributed by atoms with E-state index in [-0.39, 0.29) is 35.5 Å². The van der Waals surface area contributed by atoms with Crippen LogP contribution in [0.4, 0.5) is 14.6 Å². The number of pyridine rings is 1.